The van der Waals surface area contributed by atoms with Gasteiger partial charge in [0.25, 0.3) is 5.89 Å². The number of fused-ring (bicyclic) bond motifs is 1. The standard InChI is InChI=1S/C17H21N3O3/c1-10-18-15(23-20-10)12-5-7-13-11(9-12)6-8-14(13)19-16(21)22-17(2,3)4/h5,7,9,14H,6,8H2,1-4H3,(H,19,21)/t14-/m1/s1. The number of alkyl carbamates (subject to hydrolysis) is 1. The highest BCUT2D eigenvalue weighted by atomic mass is 16.6. The van der Waals surface area contributed by atoms with E-state index in [1.807, 2.05) is 32.9 Å². The molecule has 1 aliphatic rings. The fourth-order valence-electron chi connectivity index (χ4n) is 2.76. The average Bonchev–Trinajstić information content (AvgIpc) is 3.03. The van der Waals surface area contributed by atoms with Gasteiger partial charge in [0.15, 0.2) is 5.82 Å². The number of aryl methyl sites for hydroxylation is 2. The number of aromatic nitrogens is 2. The Kier molecular flexibility index (Phi) is 3.83. The van der Waals surface area contributed by atoms with Gasteiger partial charge in [-0.3, -0.25) is 0 Å². The predicted octanol–water partition coefficient (Wildman–Crippen LogP) is 3.56. The molecule has 1 heterocycles. The molecule has 0 spiro atoms. The van der Waals surface area contributed by atoms with Crippen LogP contribution in [0.2, 0.25) is 0 Å². The van der Waals surface area contributed by atoms with E-state index in [-0.39, 0.29) is 12.1 Å². The van der Waals surface area contributed by atoms with Crippen molar-refractivity contribution in [1.29, 1.82) is 0 Å². The number of nitrogens with zero attached hydrogens (tertiary/aromatic N) is 2. The molecule has 0 fully saturated rings. The molecule has 0 saturated carbocycles. The fraction of sp³-hybridized carbons (Fsp3) is 0.471. The number of rotatable bonds is 2. The van der Waals surface area contributed by atoms with E-state index >= 15 is 0 Å². The highest BCUT2D eigenvalue weighted by molar-refractivity contribution is 5.69. The van der Waals surface area contributed by atoms with Gasteiger partial charge in [0, 0.05) is 5.56 Å². The van der Waals surface area contributed by atoms with E-state index in [4.69, 9.17) is 9.26 Å². The van der Waals surface area contributed by atoms with Gasteiger partial charge in [0.05, 0.1) is 6.04 Å². The number of hydrogen-bond acceptors (Lipinski definition) is 5. The van der Waals surface area contributed by atoms with Gasteiger partial charge in [-0.05, 0) is 63.8 Å². The molecule has 122 valence electrons. The van der Waals surface area contributed by atoms with Crippen LogP contribution in [-0.4, -0.2) is 21.8 Å². The van der Waals surface area contributed by atoms with Gasteiger partial charge in [-0.15, -0.1) is 0 Å². The predicted molar refractivity (Wildman–Crippen MR) is 84.9 cm³/mol. The van der Waals surface area contributed by atoms with Crippen LogP contribution in [0, 0.1) is 6.92 Å². The first kappa shape index (κ1) is 15.5. The smallest absolute Gasteiger partial charge is 0.408 e. The highest BCUT2D eigenvalue weighted by Gasteiger charge is 2.27. The molecular formula is C17H21N3O3. The Morgan fingerprint density at radius 3 is 2.83 bits per heavy atom. The maximum atomic E-state index is 11.9. The van der Waals surface area contributed by atoms with E-state index in [1.165, 1.54) is 5.56 Å². The van der Waals surface area contributed by atoms with Crippen LogP contribution in [0.1, 0.15) is 50.2 Å². The van der Waals surface area contributed by atoms with Crippen molar-refractivity contribution in [2.75, 3.05) is 0 Å². The molecule has 0 saturated heterocycles. The third-order valence-electron chi connectivity index (χ3n) is 3.69. The van der Waals surface area contributed by atoms with Crippen LogP contribution in [0.4, 0.5) is 4.79 Å². The molecule has 1 atom stereocenters. The lowest BCUT2D eigenvalue weighted by Crippen LogP contribution is -2.34. The summed E-state index contributed by atoms with van der Waals surface area (Å²) in [7, 11) is 0. The SMILES string of the molecule is Cc1noc(-c2ccc3c(c2)CC[C@H]3NC(=O)OC(C)(C)C)n1. The van der Waals surface area contributed by atoms with E-state index in [0.29, 0.717) is 11.7 Å². The first-order valence-corrected chi connectivity index (χ1v) is 7.75. The molecule has 3 rings (SSSR count). The molecule has 6 heteroatoms. The Labute approximate surface area is 135 Å². The topological polar surface area (TPSA) is 77.2 Å². The quantitative estimate of drug-likeness (QED) is 0.917. The summed E-state index contributed by atoms with van der Waals surface area (Å²) in [5.41, 5.74) is 2.73. The van der Waals surface area contributed by atoms with Gasteiger partial charge in [-0.25, -0.2) is 4.79 Å². The maximum absolute atomic E-state index is 11.9. The Balaban J connectivity index is 1.75. The number of ether oxygens (including phenoxy) is 1. The Bertz CT molecular complexity index is 731. The van der Waals surface area contributed by atoms with Crippen molar-refractivity contribution in [2.24, 2.45) is 0 Å². The summed E-state index contributed by atoms with van der Waals surface area (Å²) in [5, 5.41) is 6.76. The molecule has 1 N–H and O–H groups in total. The zero-order valence-electron chi connectivity index (χ0n) is 13.8. The third kappa shape index (κ3) is 3.52. The second kappa shape index (κ2) is 5.68. The van der Waals surface area contributed by atoms with E-state index in [1.54, 1.807) is 6.92 Å². The van der Waals surface area contributed by atoms with Crippen molar-refractivity contribution in [3.05, 3.63) is 35.2 Å². The largest absolute Gasteiger partial charge is 0.444 e. The van der Waals surface area contributed by atoms with Gasteiger partial charge in [-0.2, -0.15) is 4.98 Å². The molecule has 0 unspecified atom stereocenters. The Hall–Kier alpha value is -2.37. The number of amides is 1. The Morgan fingerprint density at radius 2 is 2.17 bits per heavy atom. The summed E-state index contributed by atoms with van der Waals surface area (Å²) in [6.07, 6.45) is 1.38. The van der Waals surface area contributed by atoms with Crippen LogP contribution in [0.25, 0.3) is 11.5 Å². The monoisotopic (exact) mass is 315 g/mol. The molecule has 0 radical (unpaired) electrons. The first-order chi connectivity index (χ1) is 10.8. The van der Waals surface area contributed by atoms with Gasteiger partial charge in [0.1, 0.15) is 5.60 Å². The molecule has 1 aliphatic carbocycles. The van der Waals surface area contributed by atoms with Gasteiger partial charge >= 0.3 is 6.09 Å². The summed E-state index contributed by atoms with van der Waals surface area (Å²) < 4.78 is 10.5. The summed E-state index contributed by atoms with van der Waals surface area (Å²) in [6.45, 7) is 7.36. The van der Waals surface area contributed by atoms with Crippen molar-refractivity contribution >= 4 is 6.09 Å². The number of nitrogens with one attached hydrogen (secondary N) is 1. The zero-order chi connectivity index (χ0) is 16.6. The number of benzene rings is 1. The lowest BCUT2D eigenvalue weighted by molar-refractivity contribution is 0.0503. The van der Waals surface area contributed by atoms with Crippen LogP contribution in [0.3, 0.4) is 0 Å². The van der Waals surface area contributed by atoms with Crippen LogP contribution in [-0.2, 0) is 11.2 Å². The van der Waals surface area contributed by atoms with Crippen molar-refractivity contribution in [2.45, 2.75) is 52.2 Å². The van der Waals surface area contributed by atoms with E-state index in [2.05, 4.69) is 21.5 Å². The van der Waals surface area contributed by atoms with Crippen LogP contribution < -0.4 is 5.32 Å². The minimum absolute atomic E-state index is 0.0154. The summed E-state index contributed by atoms with van der Waals surface area (Å²) in [6, 6.07) is 6.00. The molecule has 1 aromatic carbocycles. The fourth-order valence-corrected chi connectivity index (χ4v) is 2.76. The summed E-state index contributed by atoms with van der Waals surface area (Å²) in [5.74, 6) is 1.14. The average molecular weight is 315 g/mol. The molecule has 6 nitrogen and oxygen atoms in total. The number of carbonyl (C=O) groups is 1. The van der Waals surface area contributed by atoms with Gasteiger partial charge < -0.3 is 14.6 Å². The van der Waals surface area contributed by atoms with E-state index < -0.39 is 5.60 Å². The van der Waals surface area contributed by atoms with Crippen LogP contribution in [0.15, 0.2) is 22.7 Å². The minimum atomic E-state index is -0.495. The number of carbonyl (C=O) groups excluding carboxylic acids is 1. The minimum Gasteiger partial charge on any atom is -0.444 e. The third-order valence-corrected chi connectivity index (χ3v) is 3.69. The molecule has 1 aromatic heterocycles. The summed E-state index contributed by atoms with van der Waals surface area (Å²) >= 11 is 0. The second-order valence-electron chi connectivity index (χ2n) is 6.80. The van der Waals surface area contributed by atoms with E-state index in [9.17, 15) is 4.79 Å². The van der Waals surface area contributed by atoms with Crippen LogP contribution in [0.5, 0.6) is 0 Å². The maximum Gasteiger partial charge on any atom is 0.408 e. The van der Waals surface area contributed by atoms with Gasteiger partial charge in [-0.1, -0.05) is 11.2 Å². The van der Waals surface area contributed by atoms with Crippen LogP contribution >= 0.6 is 0 Å². The lowest BCUT2D eigenvalue weighted by Gasteiger charge is -2.22. The van der Waals surface area contributed by atoms with Crippen molar-refractivity contribution in [3.8, 4) is 11.5 Å². The van der Waals surface area contributed by atoms with E-state index in [0.717, 1.165) is 24.0 Å². The van der Waals surface area contributed by atoms with Crippen molar-refractivity contribution in [3.63, 3.8) is 0 Å². The molecule has 0 aliphatic heterocycles. The molecule has 23 heavy (non-hydrogen) atoms. The molecule has 0 bridgehead atoms. The normalized spacial score (nSPS) is 17.0. The highest BCUT2D eigenvalue weighted by Crippen LogP contribution is 2.34. The summed E-state index contributed by atoms with van der Waals surface area (Å²) in [4.78, 5) is 16.2. The molecule has 2 aromatic rings. The number of hydrogen-bond donors (Lipinski definition) is 1. The zero-order valence-corrected chi connectivity index (χ0v) is 13.8. The lowest BCUT2D eigenvalue weighted by atomic mass is 10.0. The first-order valence-electron chi connectivity index (χ1n) is 7.75. The second-order valence-corrected chi connectivity index (χ2v) is 6.80. The van der Waals surface area contributed by atoms with Gasteiger partial charge in [0.2, 0.25) is 0 Å². The van der Waals surface area contributed by atoms with Crippen molar-refractivity contribution in [1.82, 2.24) is 15.5 Å². The molecular weight excluding hydrogens is 294 g/mol. The van der Waals surface area contributed by atoms with Crippen molar-refractivity contribution < 1.29 is 14.1 Å². The molecule has 1 amide bonds. The Morgan fingerprint density at radius 1 is 1.39 bits per heavy atom.